The van der Waals surface area contributed by atoms with E-state index in [2.05, 4.69) is 11.0 Å². The Morgan fingerprint density at radius 2 is 1.76 bits per heavy atom. The van der Waals surface area contributed by atoms with Gasteiger partial charge in [-0.15, -0.1) is 0 Å². The predicted octanol–water partition coefficient (Wildman–Crippen LogP) is 2.95. The Labute approximate surface area is 129 Å². The van der Waals surface area contributed by atoms with Gasteiger partial charge in [0.25, 0.3) is 5.91 Å². The molecule has 2 heterocycles. The van der Waals surface area contributed by atoms with Gasteiger partial charge in [0.1, 0.15) is 11.6 Å². The Kier molecular flexibility index (Phi) is 3.85. The molecule has 0 spiro atoms. The molecule has 1 fully saturated rings. The summed E-state index contributed by atoms with van der Waals surface area (Å²) in [6.07, 6.45) is 3.47. The second kappa shape index (κ2) is 5.79. The van der Waals surface area contributed by atoms with Crippen LogP contribution >= 0.6 is 11.6 Å². The molecular weight excluding hydrogens is 286 g/mol. The number of benzene rings is 1. The van der Waals surface area contributed by atoms with E-state index in [1.807, 2.05) is 12.1 Å². The van der Waals surface area contributed by atoms with Crippen LogP contribution in [0.5, 0.6) is 0 Å². The number of anilines is 1. The third-order valence-electron chi connectivity index (χ3n) is 4.04. The average molecular weight is 302 g/mol. The molecule has 1 aromatic carbocycles. The van der Waals surface area contributed by atoms with E-state index >= 15 is 0 Å². The van der Waals surface area contributed by atoms with E-state index in [9.17, 15) is 10.1 Å². The van der Waals surface area contributed by atoms with Crippen LogP contribution in [0.2, 0.25) is 5.02 Å². The van der Waals surface area contributed by atoms with Gasteiger partial charge in [0.15, 0.2) is 0 Å². The summed E-state index contributed by atoms with van der Waals surface area (Å²) in [6.45, 7) is 2.34. The molecule has 1 aromatic rings. The maximum Gasteiger partial charge on any atom is 0.271 e. The van der Waals surface area contributed by atoms with Crippen LogP contribution in [0.1, 0.15) is 19.3 Å². The summed E-state index contributed by atoms with van der Waals surface area (Å²) < 4.78 is 0. The van der Waals surface area contributed by atoms with Gasteiger partial charge in [-0.25, -0.2) is 0 Å². The highest BCUT2D eigenvalue weighted by Crippen LogP contribution is 2.29. The fourth-order valence-corrected chi connectivity index (χ4v) is 3.05. The van der Waals surface area contributed by atoms with Crippen LogP contribution in [-0.4, -0.2) is 30.4 Å². The summed E-state index contributed by atoms with van der Waals surface area (Å²) in [4.78, 5) is 16.3. The molecular formula is C16H16ClN3O. The number of amides is 1. The zero-order valence-electron chi connectivity index (χ0n) is 11.7. The van der Waals surface area contributed by atoms with Crippen molar-refractivity contribution in [2.75, 3.05) is 24.5 Å². The van der Waals surface area contributed by atoms with Crippen molar-refractivity contribution in [2.45, 2.75) is 19.3 Å². The quantitative estimate of drug-likeness (QED) is 0.844. The van der Waals surface area contributed by atoms with Crippen LogP contribution in [0.4, 0.5) is 5.69 Å². The minimum atomic E-state index is -0.208. The molecule has 2 aliphatic rings. The van der Waals surface area contributed by atoms with Crippen molar-refractivity contribution < 1.29 is 4.79 Å². The van der Waals surface area contributed by atoms with E-state index < -0.39 is 0 Å². The average Bonchev–Trinajstić information content (AvgIpc) is 2.86. The smallest absolute Gasteiger partial charge is 0.271 e. The number of carbonyl (C=O) groups excluding carboxylic acids is 1. The first-order chi connectivity index (χ1) is 10.2. The van der Waals surface area contributed by atoms with Gasteiger partial charge in [-0.1, -0.05) is 11.6 Å². The molecule has 0 bridgehead atoms. The van der Waals surface area contributed by atoms with Gasteiger partial charge in [-0.3, -0.25) is 4.79 Å². The molecule has 1 saturated heterocycles. The van der Waals surface area contributed by atoms with Crippen molar-refractivity contribution in [3.05, 3.63) is 40.6 Å². The third-order valence-corrected chi connectivity index (χ3v) is 4.30. The molecule has 0 aliphatic carbocycles. The molecule has 0 saturated carbocycles. The molecule has 21 heavy (non-hydrogen) atoms. The number of nitriles is 1. The van der Waals surface area contributed by atoms with E-state index in [-0.39, 0.29) is 11.5 Å². The van der Waals surface area contributed by atoms with E-state index in [0.29, 0.717) is 11.6 Å². The number of nitrogens with zero attached hydrogens (tertiary/aromatic N) is 3. The lowest BCUT2D eigenvalue weighted by atomic mass is 10.1. The highest BCUT2D eigenvalue weighted by atomic mass is 35.5. The lowest BCUT2D eigenvalue weighted by molar-refractivity contribution is -0.114. The first kappa shape index (κ1) is 14.0. The Bertz CT molecular complexity index is 624. The van der Waals surface area contributed by atoms with E-state index in [0.717, 1.165) is 37.3 Å². The summed E-state index contributed by atoms with van der Waals surface area (Å²) >= 11 is 5.89. The summed E-state index contributed by atoms with van der Waals surface area (Å²) in [7, 11) is 0. The maximum absolute atomic E-state index is 12.5. The minimum Gasteiger partial charge on any atom is -0.372 e. The zero-order chi connectivity index (χ0) is 14.8. The first-order valence-electron chi connectivity index (χ1n) is 7.16. The topological polar surface area (TPSA) is 47.3 Å². The van der Waals surface area contributed by atoms with Gasteiger partial charge in [0.05, 0.1) is 12.2 Å². The van der Waals surface area contributed by atoms with Crippen molar-refractivity contribution in [3.8, 4) is 6.07 Å². The number of likely N-dealkylation sites (tertiary alicyclic amines) is 1. The Balaban J connectivity index is 1.87. The fourth-order valence-electron chi connectivity index (χ4n) is 2.92. The SMILES string of the molecule is N#CC1=C(N2CCCCC2)CN(c2ccc(Cl)cc2)C1=O. The molecule has 108 valence electrons. The lowest BCUT2D eigenvalue weighted by Crippen LogP contribution is -2.32. The van der Waals surface area contributed by atoms with Crippen molar-refractivity contribution in [1.82, 2.24) is 4.90 Å². The standard InChI is InChI=1S/C16H16ClN3O/c17-12-4-6-13(7-5-12)20-11-15(14(10-18)16(20)21)19-8-2-1-3-9-19/h4-7H,1-3,8-9,11H2. The minimum absolute atomic E-state index is 0.208. The van der Waals surface area contributed by atoms with Gasteiger partial charge in [-0.05, 0) is 43.5 Å². The van der Waals surface area contributed by atoms with Crippen LogP contribution < -0.4 is 4.90 Å². The van der Waals surface area contributed by atoms with Gasteiger partial charge >= 0.3 is 0 Å². The Morgan fingerprint density at radius 1 is 1.10 bits per heavy atom. The molecule has 1 amide bonds. The van der Waals surface area contributed by atoms with Crippen LogP contribution in [0.25, 0.3) is 0 Å². The van der Waals surface area contributed by atoms with Crippen molar-refractivity contribution in [1.29, 1.82) is 5.26 Å². The van der Waals surface area contributed by atoms with Crippen LogP contribution in [0.3, 0.4) is 0 Å². The molecule has 0 N–H and O–H groups in total. The molecule has 2 aliphatic heterocycles. The summed E-state index contributed by atoms with van der Waals surface area (Å²) in [5, 5.41) is 9.98. The highest BCUT2D eigenvalue weighted by molar-refractivity contribution is 6.30. The second-order valence-corrected chi connectivity index (χ2v) is 5.79. The van der Waals surface area contributed by atoms with Crippen LogP contribution in [0, 0.1) is 11.3 Å². The summed E-state index contributed by atoms with van der Waals surface area (Å²) in [6, 6.07) is 9.24. The van der Waals surface area contributed by atoms with E-state index in [1.165, 1.54) is 6.42 Å². The van der Waals surface area contributed by atoms with Crippen molar-refractivity contribution in [2.24, 2.45) is 0 Å². The van der Waals surface area contributed by atoms with E-state index in [1.54, 1.807) is 17.0 Å². The second-order valence-electron chi connectivity index (χ2n) is 5.35. The van der Waals surface area contributed by atoms with E-state index in [4.69, 9.17) is 11.6 Å². The largest absolute Gasteiger partial charge is 0.372 e. The number of hydrogen-bond donors (Lipinski definition) is 0. The lowest BCUT2D eigenvalue weighted by Gasteiger charge is -2.30. The number of carbonyl (C=O) groups is 1. The molecule has 0 radical (unpaired) electrons. The van der Waals surface area contributed by atoms with Gasteiger partial charge in [-0.2, -0.15) is 5.26 Å². The maximum atomic E-state index is 12.5. The van der Waals surface area contributed by atoms with Gasteiger partial charge in [0.2, 0.25) is 0 Å². The summed E-state index contributed by atoms with van der Waals surface area (Å²) in [5.41, 5.74) is 1.94. The monoisotopic (exact) mass is 301 g/mol. The summed E-state index contributed by atoms with van der Waals surface area (Å²) in [5.74, 6) is -0.208. The number of hydrogen-bond acceptors (Lipinski definition) is 3. The normalized spacial score (nSPS) is 19.1. The molecule has 0 aromatic heterocycles. The number of halogens is 1. The molecule has 5 heteroatoms. The zero-order valence-corrected chi connectivity index (χ0v) is 12.4. The Morgan fingerprint density at radius 3 is 2.38 bits per heavy atom. The van der Waals surface area contributed by atoms with Crippen LogP contribution in [0.15, 0.2) is 35.5 Å². The van der Waals surface area contributed by atoms with Crippen LogP contribution in [-0.2, 0) is 4.79 Å². The van der Waals surface area contributed by atoms with Crippen molar-refractivity contribution >= 4 is 23.2 Å². The molecule has 4 nitrogen and oxygen atoms in total. The number of rotatable bonds is 2. The molecule has 3 rings (SSSR count). The Hall–Kier alpha value is -1.99. The van der Waals surface area contributed by atoms with Gasteiger partial charge in [0, 0.05) is 23.8 Å². The predicted molar refractivity (Wildman–Crippen MR) is 81.9 cm³/mol. The molecule has 0 unspecified atom stereocenters. The van der Waals surface area contributed by atoms with Crippen molar-refractivity contribution in [3.63, 3.8) is 0 Å². The number of piperidine rings is 1. The highest BCUT2D eigenvalue weighted by Gasteiger charge is 2.34. The molecule has 0 atom stereocenters. The first-order valence-corrected chi connectivity index (χ1v) is 7.54. The van der Waals surface area contributed by atoms with Gasteiger partial charge < -0.3 is 9.80 Å². The third kappa shape index (κ3) is 2.62. The fraction of sp³-hybridized carbons (Fsp3) is 0.375.